The average Bonchev–Trinajstić information content (AvgIpc) is 2.14. The Morgan fingerprint density at radius 3 is 2.24 bits per heavy atom. The van der Waals surface area contributed by atoms with E-state index in [4.69, 9.17) is 4.74 Å². The first-order valence-corrected chi connectivity index (χ1v) is 5.99. The fraction of sp³-hybridized carbons (Fsp3) is 0.833. The van der Waals surface area contributed by atoms with Crippen LogP contribution in [-0.4, -0.2) is 54.5 Å². The van der Waals surface area contributed by atoms with Crippen molar-refractivity contribution in [3.63, 3.8) is 0 Å². The second kappa shape index (κ2) is 5.38. The lowest BCUT2D eigenvalue weighted by Crippen LogP contribution is -2.43. The Hall–Kier alpha value is -1.26. The molecule has 1 saturated heterocycles. The molecule has 0 saturated carbocycles. The Kier molecular flexibility index (Phi) is 4.37. The maximum atomic E-state index is 11.2. The molecule has 5 heteroatoms. The molecule has 1 aliphatic rings. The summed E-state index contributed by atoms with van der Waals surface area (Å²) < 4.78 is 5.85. The Labute approximate surface area is 103 Å². The second-order valence-corrected chi connectivity index (χ2v) is 5.47. The highest BCUT2D eigenvalue weighted by Gasteiger charge is 2.24. The third-order valence-electron chi connectivity index (χ3n) is 2.27. The summed E-state index contributed by atoms with van der Waals surface area (Å²) in [6.45, 7) is 7.37. The van der Waals surface area contributed by atoms with Crippen LogP contribution in [0.15, 0.2) is 5.10 Å². The Morgan fingerprint density at radius 1 is 1.29 bits per heavy atom. The van der Waals surface area contributed by atoms with Gasteiger partial charge in [0.05, 0.1) is 0 Å². The summed E-state index contributed by atoms with van der Waals surface area (Å²) in [6, 6.07) is 0.606. The van der Waals surface area contributed by atoms with E-state index >= 15 is 0 Å². The van der Waals surface area contributed by atoms with Crippen LogP contribution < -0.4 is 0 Å². The van der Waals surface area contributed by atoms with Crippen LogP contribution in [-0.2, 0) is 9.53 Å². The molecule has 0 aromatic rings. The quantitative estimate of drug-likeness (QED) is 0.394. The fourth-order valence-corrected chi connectivity index (χ4v) is 1.54. The standard InChI is InChI=1S/C12H23N3O2/c1-12(2,3)17-11(13-14(4)5)15-8-6-10(16)7-9-15/h6-9H2,1-5H3. The van der Waals surface area contributed by atoms with Gasteiger partial charge >= 0.3 is 6.02 Å². The molecular formula is C12H23N3O2. The van der Waals surface area contributed by atoms with Gasteiger partial charge in [-0.25, -0.2) is 0 Å². The van der Waals surface area contributed by atoms with Crippen molar-refractivity contribution < 1.29 is 9.53 Å². The number of Topliss-reactive ketones (excluding diaryl/α,β-unsaturated/α-hetero) is 1. The van der Waals surface area contributed by atoms with Crippen LogP contribution in [0.25, 0.3) is 0 Å². The summed E-state index contributed by atoms with van der Waals surface area (Å²) in [5, 5.41) is 6.07. The van der Waals surface area contributed by atoms with E-state index in [9.17, 15) is 4.79 Å². The van der Waals surface area contributed by atoms with Gasteiger partial charge in [0, 0.05) is 40.0 Å². The predicted octanol–water partition coefficient (Wildman–Crippen LogP) is 1.30. The molecule has 98 valence electrons. The third-order valence-corrected chi connectivity index (χ3v) is 2.27. The van der Waals surface area contributed by atoms with Gasteiger partial charge in [-0.15, -0.1) is 5.10 Å². The van der Waals surface area contributed by atoms with E-state index in [1.165, 1.54) is 0 Å². The monoisotopic (exact) mass is 241 g/mol. The zero-order valence-corrected chi connectivity index (χ0v) is 11.5. The van der Waals surface area contributed by atoms with Gasteiger partial charge in [-0.1, -0.05) is 0 Å². The number of nitrogens with zero attached hydrogens (tertiary/aromatic N) is 3. The largest absolute Gasteiger partial charge is 0.458 e. The number of amidine groups is 1. The number of ether oxygens (including phenoxy) is 1. The lowest BCUT2D eigenvalue weighted by atomic mass is 10.1. The van der Waals surface area contributed by atoms with Crippen molar-refractivity contribution in [3.8, 4) is 0 Å². The normalized spacial score (nSPS) is 18.3. The van der Waals surface area contributed by atoms with Gasteiger partial charge in [0.1, 0.15) is 11.4 Å². The molecule has 0 atom stereocenters. The van der Waals surface area contributed by atoms with Crippen molar-refractivity contribution in [1.82, 2.24) is 9.91 Å². The lowest BCUT2D eigenvalue weighted by molar-refractivity contribution is -0.120. The topological polar surface area (TPSA) is 45.1 Å². The molecule has 0 aromatic carbocycles. The molecule has 0 aliphatic carbocycles. The summed E-state index contributed by atoms with van der Waals surface area (Å²) in [4.78, 5) is 13.3. The molecule has 0 unspecified atom stereocenters. The molecule has 0 bridgehead atoms. The number of rotatable bonds is 1. The van der Waals surface area contributed by atoms with Crippen LogP contribution in [0.4, 0.5) is 0 Å². The minimum absolute atomic E-state index is 0.281. The van der Waals surface area contributed by atoms with Crippen molar-refractivity contribution in [2.24, 2.45) is 5.10 Å². The van der Waals surface area contributed by atoms with E-state index in [2.05, 4.69) is 5.10 Å². The van der Waals surface area contributed by atoms with Crippen molar-refractivity contribution in [1.29, 1.82) is 0 Å². The van der Waals surface area contributed by atoms with Gasteiger partial charge in [-0.05, 0) is 20.8 Å². The molecular weight excluding hydrogens is 218 g/mol. The van der Waals surface area contributed by atoms with E-state index in [1.54, 1.807) is 5.01 Å². The number of piperidine rings is 1. The number of ketones is 1. The van der Waals surface area contributed by atoms with Gasteiger partial charge in [-0.3, -0.25) is 9.80 Å². The number of likely N-dealkylation sites (tertiary alicyclic amines) is 1. The van der Waals surface area contributed by atoms with Crippen LogP contribution in [0.2, 0.25) is 0 Å². The first kappa shape index (κ1) is 13.8. The summed E-state index contributed by atoms with van der Waals surface area (Å²) >= 11 is 0. The molecule has 0 amide bonds. The molecule has 1 aliphatic heterocycles. The lowest BCUT2D eigenvalue weighted by Gasteiger charge is -2.33. The molecule has 0 aromatic heterocycles. The van der Waals surface area contributed by atoms with Crippen molar-refractivity contribution >= 4 is 11.8 Å². The second-order valence-electron chi connectivity index (χ2n) is 5.47. The van der Waals surface area contributed by atoms with E-state index in [-0.39, 0.29) is 5.60 Å². The van der Waals surface area contributed by atoms with Gasteiger partial charge in [-0.2, -0.15) is 0 Å². The molecule has 0 radical (unpaired) electrons. The Balaban J connectivity index is 2.73. The van der Waals surface area contributed by atoms with Crippen LogP contribution in [0, 0.1) is 0 Å². The molecule has 1 fully saturated rings. The van der Waals surface area contributed by atoms with E-state index in [1.807, 2.05) is 39.8 Å². The van der Waals surface area contributed by atoms with Gasteiger partial charge in [0.2, 0.25) is 0 Å². The van der Waals surface area contributed by atoms with E-state index < -0.39 is 0 Å². The molecule has 17 heavy (non-hydrogen) atoms. The molecule has 0 N–H and O–H groups in total. The fourth-order valence-electron chi connectivity index (χ4n) is 1.54. The van der Waals surface area contributed by atoms with E-state index in [0.29, 0.717) is 37.7 Å². The first-order valence-electron chi connectivity index (χ1n) is 5.99. The highest BCUT2D eigenvalue weighted by Crippen LogP contribution is 2.14. The van der Waals surface area contributed by atoms with Crippen molar-refractivity contribution in [3.05, 3.63) is 0 Å². The molecule has 5 nitrogen and oxygen atoms in total. The van der Waals surface area contributed by atoms with Crippen molar-refractivity contribution in [2.75, 3.05) is 27.2 Å². The van der Waals surface area contributed by atoms with Gasteiger partial charge in [0.15, 0.2) is 0 Å². The van der Waals surface area contributed by atoms with Crippen LogP contribution >= 0.6 is 0 Å². The number of hydrazone groups is 1. The number of hydrogen-bond donors (Lipinski definition) is 0. The predicted molar refractivity (Wildman–Crippen MR) is 67.8 cm³/mol. The zero-order chi connectivity index (χ0) is 13.1. The van der Waals surface area contributed by atoms with Crippen molar-refractivity contribution in [2.45, 2.75) is 39.2 Å². The van der Waals surface area contributed by atoms with E-state index in [0.717, 1.165) is 0 Å². The smallest absolute Gasteiger partial charge is 0.309 e. The first-order chi connectivity index (χ1) is 7.78. The minimum atomic E-state index is -0.281. The Bertz CT molecular complexity index is 295. The van der Waals surface area contributed by atoms with Crippen LogP contribution in [0.5, 0.6) is 0 Å². The molecule has 1 rings (SSSR count). The maximum absolute atomic E-state index is 11.2. The SMILES string of the molecule is CN(C)N=C(OC(C)(C)C)N1CCC(=O)CC1. The number of carbonyl (C=O) groups is 1. The van der Waals surface area contributed by atoms with Crippen LogP contribution in [0.3, 0.4) is 0 Å². The van der Waals surface area contributed by atoms with Gasteiger partial charge < -0.3 is 9.64 Å². The summed E-state index contributed by atoms with van der Waals surface area (Å²) in [6.07, 6.45) is 1.17. The number of carbonyl (C=O) groups excluding carboxylic acids is 1. The summed E-state index contributed by atoms with van der Waals surface area (Å²) in [5.41, 5.74) is -0.281. The van der Waals surface area contributed by atoms with Crippen LogP contribution in [0.1, 0.15) is 33.6 Å². The molecule has 1 heterocycles. The summed E-state index contributed by atoms with van der Waals surface area (Å²) in [5.74, 6) is 0.321. The molecule has 0 spiro atoms. The zero-order valence-electron chi connectivity index (χ0n) is 11.5. The highest BCUT2D eigenvalue weighted by molar-refractivity contribution is 5.82. The Morgan fingerprint density at radius 2 is 1.82 bits per heavy atom. The minimum Gasteiger partial charge on any atom is -0.458 e. The number of hydrogen-bond acceptors (Lipinski definition) is 4. The maximum Gasteiger partial charge on any atom is 0.309 e. The van der Waals surface area contributed by atoms with Gasteiger partial charge in [0.25, 0.3) is 0 Å². The average molecular weight is 241 g/mol. The third kappa shape index (κ3) is 5.06. The highest BCUT2D eigenvalue weighted by atomic mass is 16.5. The summed E-state index contributed by atoms with van der Waals surface area (Å²) in [7, 11) is 3.72.